The summed E-state index contributed by atoms with van der Waals surface area (Å²) in [5, 5.41) is 4.42. The first kappa shape index (κ1) is 15.5. The van der Waals surface area contributed by atoms with E-state index >= 15 is 0 Å². The van der Waals surface area contributed by atoms with Gasteiger partial charge in [0.25, 0.3) is 0 Å². The maximum absolute atomic E-state index is 12.6. The van der Waals surface area contributed by atoms with Gasteiger partial charge in [-0.05, 0) is 39.2 Å². The molecule has 1 amide bonds. The highest BCUT2D eigenvalue weighted by atomic mass is 16.7. The van der Waals surface area contributed by atoms with Crippen molar-refractivity contribution < 1.29 is 14.3 Å². The number of ether oxygens (including phenoxy) is 2. The van der Waals surface area contributed by atoms with E-state index in [1.54, 1.807) is 0 Å². The summed E-state index contributed by atoms with van der Waals surface area (Å²) in [5.74, 6) is 0.177. The molecular weight excluding hydrogens is 282 g/mol. The number of aryl methyl sites for hydroxylation is 3. The quantitative estimate of drug-likeness (QED) is 0.848. The zero-order chi connectivity index (χ0) is 15.5. The van der Waals surface area contributed by atoms with Gasteiger partial charge in [0, 0.05) is 25.2 Å². The molecule has 122 valence electrons. The first-order valence-corrected chi connectivity index (χ1v) is 8.19. The van der Waals surface area contributed by atoms with Gasteiger partial charge in [0.1, 0.15) is 0 Å². The summed E-state index contributed by atoms with van der Waals surface area (Å²) in [6, 6.07) is 2.11. The first-order valence-electron chi connectivity index (χ1n) is 8.19. The van der Waals surface area contributed by atoms with Gasteiger partial charge in [0.2, 0.25) is 5.91 Å². The summed E-state index contributed by atoms with van der Waals surface area (Å²) in [6.45, 7) is 6.71. The molecule has 6 heteroatoms. The Balaban J connectivity index is 1.60. The topological polar surface area (TPSA) is 56.6 Å². The zero-order valence-electron chi connectivity index (χ0n) is 13.5. The van der Waals surface area contributed by atoms with Crippen LogP contribution in [0.5, 0.6) is 0 Å². The molecule has 0 bridgehead atoms. The zero-order valence-corrected chi connectivity index (χ0v) is 13.5. The van der Waals surface area contributed by atoms with Gasteiger partial charge in [-0.15, -0.1) is 0 Å². The molecule has 0 aromatic carbocycles. The lowest BCUT2D eigenvalue weighted by atomic mass is 10.0. The van der Waals surface area contributed by atoms with E-state index in [-0.39, 0.29) is 18.2 Å². The Morgan fingerprint density at radius 2 is 2.09 bits per heavy atom. The predicted octanol–water partition coefficient (Wildman–Crippen LogP) is 1.64. The third-order valence-electron chi connectivity index (χ3n) is 4.47. The third-order valence-corrected chi connectivity index (χ3v) is 4.47. The molecule has 0 saturated carbocycles. The Labute approximate surface area is 131 Å². The Hall–Kier alpha value is -1.40. The minimum absolute atomic E-state index is 0.0733. The molecule has 2 fully saturated rings. The Morgan fingerprint density at radius 1 is 1.32 bits per heavy atom. The number of aromatic nitrogens is 2. The minimum Gasteiger partial charge on any atom is -0.348 e. The van der Waals surface area contributed by atoms with Crippen molar-refractivity contribution in [3.63, 3.8) is 0 Å². The summed E-state index contributed by atoms with van der Waals surface area (Å²) >= 11 is 0. The summed E-state index contributed by atoms with van der Waals surface area (Å²) in [5.41, 5.74) is 2.09. The van der Waals surface area contributed by atoms with E-state index in [1.165, 1.54) is 0 Å². The molecule has 0 radical (unpaired) electrons. The van der Waals surface area contributed by atoms with Crippen molar-refractivity contribution in [2.75, 3.05) is 19.8 Å². The fraction of sp³-hybridized carbons (Fsp3) is 0.750. The van der Waals surface area contributed by atoms with E-state index in [0.717, 1.165) is 37.2 Å². The Morgan fingerprint density at radius 3 is 2.77 bits per heavy atom. The summed E-state index contributed by atoms with van der Waals surface area (Å²) in [4.78, 5) is 14.6. The van der Waals surface area contributed by atoms with Gasteiger partial charge in [0.05, 0.1) is 24.9 Å². The fourth-order valence-electron chi connectivity index (χ4n) is 3.40. The van der Waals surface area contributed by atoms with Crippen LogP contribution >= 0.6 is 0 Å². The number of piperidine rings is 1. The lowest BCUT2D eigenvalue weighted by molar-refractivity contribution is -0.150. The number of amides is 1. The predicted molar refractivity (Wildman–Crippen MR) is 81.4 cm³/mol. The van der Waals surface area contributed by atoms with Crippen molar-refractivity contribution in [3.8, 4) is 0 Å². The number of carbonyl (C=O) groups is 1. The fourth-order valence-corrected chi connectivity index (χ4v) is 3.40. The van der Waals surface area contributed by atoms with Crippen LogP contribution in [0.1, 0.15) is 37.1 Å². The molecule has 2 saturated heterocycles. The van der Waals surface area contributed by atoms with Crippen molar-refractivity contribution >= 4 is 5.91 Å². The van der Waals surface area contributed by atoms with Crippen molar-refractivity contribution in [1.29, 1.82) is 0 Å². The molecule has 2 aliphatic heterocycles. The Kier molecular flexibility index (Phi) is 4.78. The number of hydrogen-bond acceptors (Lipinski definition) is 4. The highest BCUT2D eigenvalue weighted by molar-refractivity contribution is 5.76. The molecule has 1 unspecified atom stereocenters. The van der Waals surface area contributed by atoms with Crippen LogP contribution in [0.4, 0.5) is 0 Å². The van der Waals surface area contributed by atoms with Crippen LogP contribution in [-0.4, -0.2) is 52.7 Å². The van der Waals surface area contributed by atoms with Gasteiger partial charge in [0.15, 0.2) is 6.29 Å². The van der Waals surface area contributed by atoms with E-state index in [0.29, 0.717) is 26.2 Å². The second-order valence-corrected chi connectivity index (χ2v) is 6.16. The number of hydrogen-bond donors (Lipinski definition) is 0. The standard InChI is InChI=1S/C16H25N3O3/c1-12-11-13(2)19(17-12)8-6-15(20)18-7-4-3-5-14(18)16-21-9-10-22-16/h11,14,16H,3-10H2,1-2H3. The number of rotatable bonds is 4. The highest BCUT2D eigenvalue weighted by Gasteiger charge is 2.35. The molecule has 6 nitrogen and oxygen atoms in total. The third kappa shape index (κ3) is 3.33. The van der Waals surface area contributed by atoms with Crippen LogP contribution in [0.2, 0.25) is 0 Å². The maximum Gasteiger partial charge on any atom is 0.224 e. The van der Waals surface area contributed by atoms with Gasteiger partial charge < -0.3 is 14.4 Å². The van der Waals surface area contributed by atoms with Gasteiger partial charge in [-0.2, -0.15) is 5.10 Å². The SMILES string of the molecule is Cc1cc(C)n(CCC(=O)N2CCCCC2C2OCCO2)n1. The van der Waals surface area contributed by atoms with Gasteiger partial charge in [-0.25, -0.2) is 0 Å². The van der Waals surface area contributed by atoms with Crippen molar-refractivity contribution in [3.05, 3.63) is 17.5 Å². The second-order valence-electron chi connectivity index (χ2n) is 6.16. The average molecular weight is 307 g/mol. The van der Waals surface area contributed by atoms with Crippen molar-refractivity contribution in [1.82, 2.24) is 14.7 Å². The van der Waals surface area contributed by atoms with Gasteiger partial charge in [-0.3, -0.25) is 9.48 Å². The van der Waals surface area contributed by atoms with Crippen LogP contribution < -0.4 is 0 Å². The van der Waals surface area contributed by atoms with E-state index in [2.05, 4.69) is 5.10 Å². The van der Waals surface area contributed by atoms with Crippen molar-refractivity contribution in [2.24, 2.45) is 0 Å². The molecule has 1 aromatic heterocycles. The largest absolute Gasteiger partial charge is 0.348 e. The highest BCUT2D eigenvalue weighted by Crippen LogP contribution is 2.25. The molecule has 1 aromatic rings. The normalized spacial score (nSPS) is 23.2. The first-order chi connectivity index (χ1) is 10.6. The molecule has 3 rings (SSSR count). The van der Waals surface area contributed by atoms with Crippen LogP contribution in [0.15, 0.2) is 6.07 Å². The van der Waals surface area contributed by atoms with E-state index in [1.807, 2.05) is 29.5 Å². The van der Waals surface area contributed by atoms with Crippen LogP contribution in [-0.2, 0) is 20.8 Å². The molecule has 3 heterocycles. The van der Waals surface area contributed by atoms with Crippen LogP contribution in [0.3, 0.4) is 0 Å². The van der Waals surface area contributed by atoms with Crippen LogP contribution in [0, 0.1) is 13.8 Å². The summed E-state index contributed by atoms with van der Waals surface area (Å²) in [6.07, 6.45) is 3.41. The average Bonchev–Trinajstić information content (AvgIpc) is 3.14. The molecular formula is C16H25N3O3. The summed E-state index contributed by atoms with van der Waals surface area (Å²) < 4.78 is 13.2. The smallest absolute Gasteiger partial charge is 0.224 e. The second kappa shape index (κ2) is 6.79. The van der Waals surface area contributed by atoms with Crippen LogP contribution in [0.25, 0.3) is 0 Å². The van der Waals surface area contributed by atoms with E-state index in [9.17, 15) is 4.79 Å². The molecule has 2 aliphatic rings. The molecule has 0 aliphatic carbocycles. The van der Waals surface area contributed by atoms with Gasteiger partial charge >= 0.3 is 0 Å². The molecule has 1 atom stereocenters. The monoisotopic (exact) mass is 307 g/mol. The lowest BCUT2D eigenvalue weighted by Gasteiger charge is -2.38. The lowest BCUT2D eigenvalue weighted by Crippen LogP contribution is -2.50. The number of carbonyl (C=O) groups excluding carboxylic acids is 1. The summed E-state index contributed by atoms with van der Waals surface area (Å²) in [7, 11) is 0. The molecule has 22 heavy (non-hydrogen) atoms. The Bertz CT molecular complexity index is 523. The molecule has 0 spiro atoms. The van der Waals surface area contributed by atoms with Gasteiger partial charge in [-0.1, -0.05) is 0 Å². The van der Waals surface area contributed by atoms with E-state index < -0.39 is 0 Å². The van der Waals surface area contributed by atoms with Crippen molar-refractivity contribution in [2.45, 2.75) is 58.4 Å². The number of nitrogens with zero attached hydrogens (tertiary/aromatic N) is 3. The minimum atomic E-state index is -0.238. The van der Waals surface area contributed by atoms with E-state index in [4.69, 9.17) is 9.47 Å². The molecule has 0 N–H and O–H groups in total. The number of likely N-dealkylation sites (tertiary alicyclic amines) is 1. The maximum atomic E-state index is 12.6.